The van der Waals surface area contributed by atoms with E-state index in [1.165, 1.54) is 11.3 Å². The molecule has 0 bridgehead atoms. The smallest absolute Gasteiger partial charge is 0.266 e. The molecule has 0 aromatic carbocycles. The molecule has 0 radical (unpaired) electrons. The van der Waals surface area contributed by atoms with Crippen LogP contribution in [0.15, 0.2) is 6.07 Å². The van der Waals surface area contributed by atoms with E-state index in [0.29, 0.717) is 23.7 Å². The van der Waals surface area contributed by atoms with Crippen LogP contribution in [0.1, 0.15) is 34.3 Å². The lowest BCUT2D eigenvalue weighted by Crippen LogP contribution is -2.34. The Hall–Kier alpha value is -1.66. The first-order valence-electron chi connectivity index (χ1n) is 7.06. The van der Waals surface area contributed by atoms with Gasteiger partial charge in [0.25, 0.3) is 5.91 Å². The van der Waals surface area contributed by atoms with E-state index in [2.05, 4.69) is 4.98 Å². The Kier molecular flexibility index (Phi) is 4.80. The summed E-state index contributed by atoms with van der Waals surface area (Å²) in [5.41, 5.74) is 8.64. The highest BCUT2D eigenvalue weighted by Crippen LogP contribution is 2.35. The predicted octanol–water partition coefficient (Wildman–Crippen LogP) is 2.34. The molecule has 0 saturated carbocycles. The molecule has 0 spiro atoms. The summed E-state index contributed by atoms with van der Waals surface area (Å²) in [6.07, 6.45) is 0.840. The lowest BCUT2D eigenvalue weighted by atomic mass is 10.1. The Labute approximate surface area is 128 Å². The molecule has 0 aliphatic heterocycles. The maximum atomic E-state index is 12.6. The second kappa shape index (κ2) is 6.41. The number of carbonyl (C=O) groups excluding carboxylic acids is 1. The summed E-state index contributed by atoms with van der Waals surface area (Å²) in [5.74, 6) is -0.122. The maximum Gasteiger partial charge on any atom is 0.266 e. The van der Waals surface area contributed by atoms with Gasteiger partial charge in [-0.1, -0.05) is 6.92 Å². The number of aromatic nitrogens is 1. The molecule has 2 heterocycles. The number of amides is 1. The van der Waals surface area contributed by atoms with Crippen LogP contribution in [-0.2, 0) is 0 Å². The minimum atomic E-state index is -0.122. The quantitative estimate of drug-likeness (QED) is 0.888. The minimum absolute atomic E-state index is 0.0487. The molecule has 3 N–H and O–H groups in total. The third-order valence-electron chi connectivity index (χ3n) is 3.37. The largest absolute Gasteiger partial charge is 0.397 e. The maximum absolute atomic E-state index is 12.6. The highest BCUT2D eigenvalue weighted by Gasteiger charge is 2.22. The van der Waals surface area contributed by atoms with Crippen LogP contribution in [0.2, 0.25) is 0 Å². The van der Waals surface area contributed by atoms with E-state index in [-0.39, 0.29) is 12.5 Å². The predicted molar refractivity (Wildman–Crippen MR) is 86.8 cm³/mol. The number of aryl methyl sites for hydroxylation is 2. The third-order valence-corrected chi connectivity index (χ3v) is 4.46. The van der Waals surface area contributed by atoms with Crippen molar-refractivity contribution in [2.24, 2.45) is 0 Å². The van der Waals surface area contributed by atoms with Crippen LogP contribution in [-0.4, -0.2) is 40.6 Å². The second-order valence-corrected chi connectivity index (χ2v) is 6.12. The highest BCUT2D eigenvalue weighted by atomic mass is 32.1. The molecule has 2 rings (SSSR count). The standard InChI is InChI=1S/C15H21N3O2S/c1-4-5-18(6-7-19)15(20)13-12(16)11-9(2)8-10(3)17-14(11)21-13/h8,19H,4-7,16H2,1-3H3. The number of thiophene rings is 1. The van der Waals surface area contributed by atoms with Gasteiger partial charge >= 0.3 is 0 Å². The van der Waals surface area contributed by atoms with Gasteiger partial charge in [0.05, 0.1) is 12.3 Å². The van der Waals surface area contributed by atoms with E-state index < -0.39 is 0 Å². The molecule has 2 aromatic heterocycles. The van der Waals surface area contributed by atoms with Crippen molar-refractivity contribution in [3.63, 3.8) is 0 Å². The molecule has 0 fully saturated rings. The Morgan fingerprint density at radius 3 is 2.76 bits per heavy atom. The number of anilines is 1. The van der Waals surface area contributed by atoms with E-state index in [0.717, 1.165) is 27.9 Å². The molecule has 0 atom stereocenters. The van der Waals surface area contributed by atoms with E-state index in [1.54, 1.807) is 4.90 Å². The summed E-state index contributed by atoms with van der Waals surface area (Å²) in [7, 11) is 0. The fourth-order valence-electron chi connectivity index (χ4n) is 2.48. The van der Waals surface area contributed by atoms with Crippen molar-refractivity contribution in [2.45, 2.75) is 27.2 Å². The first kappa shape index (κ1) is 15.7. The van der Waals surface area contributed by atoms with Crippen LogP contribution in [0.5, 0.6) is 0 Å². The summed E-state index contributed by atoms with van der Waals surface area (Å²) in [6, 6.07) is 1.97. The van der Waals surface area contributed by atoms with Crippen LogP contribution >= 0.6 is 11.3 Å². The number of nitrogens with zero attached hydrogens (tertiary/aromatic N) is 2. The molecule has 114 valence electrons. The van der Waals surface area contributed by atoms with Gasteiger partial charge in [0.2, 0.25) is 0 Å². The normalized spacial score (nSPS) is 11.0. The van der Waals surface area contributed by atoms with E-state index in [1.807, 2.05) is 26.8 Å². The Morgan fingerprint density at radius 2 is 2.14 bits per heavy atom. The molecule has 0 aliphatic carbocycles. The molecule has 0 saturated heterocycles. The molecule has 0 unspecified atom stereocenters. The van der Waals surface area contributed by atoms with E-state index >= 15 is 0 Å². The fraction of sp³-hybridized carbons (Fsp3) is 0.467. The van der Waals surface area contributed by atoms with Crippen LogP contribution < -0.4 is 5.73 Å². The average Bonchev–Trinajstić information content (AvgIpc) is 2.74. The summed E-state index contributed by atoms with van der Waals surface area (Å²) >= 11 is 1.33. The summed E-state index contributed by atoms with van der Waals surface area (Å²) in [4.78, 5) is 20.1. The number of aliphatic hydroxyl groups is 1. The highest BCUT2D eigenvalue weighted by molar-refractivity contribution is 7.21. The summed E-state index contributed by atoms with van der Waals surface area (Å²) in [6.45, 7) is 6.79. The van der Waals surface area contributed by atoms with E-state index in [4.69, 9.17) is 10.8 Å². The fourth-order valence-corrected chi connectivity index (χ4v) is 3.66. The first-order valence-corrected chi connectivity index (χ1v) is 7.87. The number of carbonyl (C=O) groups is 1. The van der Waals surface area contributed by atoms with Gasteiger partial charge < -0.3 is 15.7 Å². The number of nitrogen functional groups attached to an aromatic ring is 1. The molecule has 6 heteroatoms. The number of aliphatic hydroxyl groups excluding tert-OH is 1. The summed E-state index contributed by atoms with van der Waals surface area (Å²) < 4.78 is 0. The lowest BCUT2D eigenvalue weighted by Gasteiger charge is -2.20. The second-order valence-electron chi connectivity index (χ2n) is 5.12. The molecule has 1 amide bonds. The van der Waals surface area contributed by atoms with Gasteiger partial charge in [-0.15, -0.1) is 11.3 Å². The molecule has 0 aliphatic rings. The van der Waals surface area contributed by atoms with Gasteiger partial charge in [-0.05, 0) is 31.9 Å². The van der Waals surface area contributed by atoms with Gasteiger partial charge in [0.15, 0.2) is 0 Å². The van der Waals surface area contributed by atoms with E-state index in [9.17, 15) is 4.79 Å². The van der Waals surface area contributed by atoms with Gasteiger partial charge in [0, 0.05) is 24.2 Å². The van der Waals surface area contributed by atoms with Gasteiger partial charge in [-0.2, -0.15) is 0 Å². The average molecular weight is 307 g/mol. The molecule has 5 nitrogen and oxygen atoms in total. The third kappa shape index (κ3) is 3.01. The Bertz CT molecular complexity index is 660. The van der Waals surface area contributed by atoms with Crippen LogP contribution in [0.4, 0.5) is 5.69 Å². The molecular formula is C15H21N3O2S. The van der Waals surface area contributed by atoms with Gasteiger partial charge in [-0.3, -0.25) is 4.79 Å². The number of nitrogens with two attached hydrogens (primary N) is 1. The van der Waals surface area contributed by atoms with Crippen molar-refractivity contribution >= 4 is 33.1 Å². The van der Waals surface area contributed by atoms with Crippen molar-refractivity contribution in [1.82, 2.24) is 9.88 Å². The van der Waals surface area contributed by atoms with Crippen molar-refractivity contribution in [2.75, 3.05) is 25.4 Å². The number of hydrogen-bond acceptors (Lipinski definition) is 5. The number of pyridine rings is 1. The zero-order chi connectivity index (χ0) is 15.6. The van der Waals surface area contributed by atoms with Crippen molar-refractivity contribution in [1.29, 1.82) is 0 Å². The van der Waals surface area contributed by atoms with Crippen molar-refractivity contribution in [3.05, 3.63) is 22.2 Å². The SMILES string of the molecule is CCCN(CCO)C(=O)c1sc2nc(C)cc(C)c2c1N. The van der Waals surface area contributed by atoms with Gasteiger partial charge in [-0.25, -0.2) is 4.98 Å². The minimum Gasteiger partial charge on any atom is -0.397 e. The zero-order valence-electron chi connectivity index (χ0n) is 12.6. The van der Waals surface area contributed by atoms with Crippen LogP contribution in [0.25, 0.3) is 10.2 Å². The molecular weight excluding hydrogens is 286 g/mol. The van der Waals surface area contributed by atoms with Crippen molar-refractivity contribution < 1.29 is 9.90 Å². The monoisotopic (exact) mass is 307 g/mol. The first-order chi connectivity index (χ1) is 9.99. The van der Waals surface area contributed by atoms with Crippen LogP contribution in [0.3, 0.4) is 0 Å². The number of fused-ring (bicyclic) bond motifs is 1. The van der Waals surface area contributed by atoms with Crippen LogP contribution in [0, 0.1) is 13.8 Å². The van der Waals surface area contributed by atoms with Gasteiger partial charge in [0.1, 0.15) is 9.71 Å². The number of rotatable bonds is 5. The molecule has 21 heavy (non-hydrogen) atoms. The topological polar surface area (TPSA) is 79.5 Å². The lowest BCUT2D eigenvalue weighted by molar-refractivity contribution is 0.0728. The molecule has 2 aromatic rings. The number of hydrogen-bond donors (Lipinski definition) is 2. The Morgan fingerprint density at radius 1 is 1.43 bits per heavy atom. The summed E-state index contributed by atoms with van der Waals surface area (Å²) in [5, 5.41) is 9.98. The van der Waals surface area contributed by atoms with Crippen molar-refractivity contribution in [3.8, 4) is 0 Å². The zero-order valence-corrected chi connectivity index (χ0v) is 13.5. The Balaban J connectivity index is 2.48.